The summed E-state index contributed by atoms with van der Waals surface area (Å²) in [4.78, 5) is 13.7. The molecule has 1 heteroatoms. The zero-order valence-electron chi connectivity index (χ0n) is 18.3. The molecule has 0 aromatic heterocycles. The molecule has 0 N–H and O–H groups in total. The predicted octanol–water partition coefficient (Wildman–Crippen LogP) is 7.54. The molecule has 0 amide bonds. The fraction of sp³-hybridized carbons (Fsp3) is 0.194. The van der Waals surface area contributed by atoms with Crippen LogP contribution in [0.15, 0.2) is 132 Å². The van der Waals surface area contributed by atoms with Crippen molar-refractivity contribution in [1.82, 2.24) is 0 Å². The third-order valence-electron chi connectivity index (χ3n) is 6.60. The van der Waals surface area contributed by atoms with E-state index < -0.39 is 0 Å². The highest BCUT2D eigenvalue weighted by Crippen LogP contribution is 2.37. The van der Waals surface area contributed by atoms with Crippen molar-refractivity contribution < 1.29 is 4.79 Å². The SMILES string of the molecule is O=C(C1=CC(c2ccccc2)CC=C1)C1=CC(c2ccccc2)C=C(C2=CC=CCC2)C1. The Morgan fingerprint density at radius 3 is 2.25 bits per heavy atom. The van der Waals surface area contributed by atoms with Crippen molar-refractivity contribution in [2.24, 2.45) is 0 Å². The second kappa shape index (κ2) is 9.36. The molecule has 0 heterocycles. The van der Waals surface area contributed by atoms with E-state index >= 15 is 0 Å². The van der Waals surface area contributed by atoms with Gasteiger partial charge < -0.3 is 0 Å². The molecule has 158 valence electrons. The summed E-state index contributed by atoms with van der Waals surface area (Å²) >= 11 is 0. The Kier molecular flexibility index (Phi) is 5.98. The fourth-order valence-corrected chi connectivity index (χ4v) is 4.87. The summed E-state index contributed by atoms with van der Waals surface area (Å²) in [6, 6.07) is 21.0. The average molecular weight is 417 g/mol. The van der Waals surface area contributed by atoms with Crippen LogP contribution >= 0.6 is 0 Å². The van der Waals surface area contributed by atoms with Crippen LogP contribution in [0.25, 0.3) is 0 Å². The summed E-state index contributed by atoms with van der Waals surface area (Å²) in [5, 5.41) is 0. The van der Waals surface area contributed by atoms with Crippen LogP contribution in [0, 0.1) is 0 Å². The Morgan fingerprint density at radius 2 is 1.53 bits per heavy atom. The second-order valence-corrected chi connectivity index (χ2v) is 8.76. The molecule has 5 rings (SSSR count). The summed E-state index contributed by atoms with van der Waals surface area (Å²) in [6.07, 6.45) is 21.2. The number of benzene rings is 2. The molecule has 32 heavy (non-hydrogen) atoms. The lowest BCUT2D eigenvalue weighted by atomic mass is 9.79. The largest absolute Gasteiger partial charge is 0.289 e. The highest BCUT2D eigenvalue weighted by molar-refractivity contribution is 6.11. The van der Waals surface area contributed by atoms with Gasteiger partial charge in [0.25, 0.3) is 0 Å². The highest BCUT2D eigenvalue weighted by Gasteiger charge is 2.25. The summed E-state index contributed by atoms with van der Waals surface area (Å²) in [5.74, 6) is 0.555. The molecule has 0 radical (unpaired) electrons. The highest BCUT2D eigenvalue weighted by atomic mass is 16.1. The van der Waals surface area contributed by atoms with Gasteiger partial charge in [-0.1, -0.05) is 109 Å². The van der Waals surface area contributed by atoms with Crippen molar-refractivity contribution in [3.8, 4) is 0 Å². The van der Waals surface area contributed by atoms with Crippen LogP contribution in [-0.4, -0.2) is 5.78 Å². The summed E-state index contributed by atoms with van der Waals surface area (Å²) in [7, 11) is 0. The first kappa shape index (κ1) is 20.5. The van der Waals surface area contributed by atoms with E-state index in [9.17, 15) is 4.79 Å². The molecule has 0 saturated carbocycles. The lowest BCUT2D eigenvalue weighted by Gasteiger charge is -2.24. The van der Waals surface area contributed by atoms with Crippen LogP contribution in [0.3, 0.4) is 0 Å². The molecule has 1 nitrogen and oxygen atoms in total. The third-order valence-corrected chi connectivity index (χ3v) is 6.60. The van der Waals surface area contributed by atoms with Gasteiger partial charge in [-0.2, -0.15) is 0 Å². The lowest BCUT2D eigenvalue weighted by molar-refractivity contribution is -0.112. The molecule has 0 saturated heterocycles. The first-order valence-electron chi connectivity index (χ1n) is 11.6. The number of allylic oxidation sites excluding steroid dienone is 12. The van der Waals surface area contributed by atoms with Gasteiger partial charge in [0, 0.05) is 29.4 Å². The van der Waals surface area contributed by atoms with Crippen LogP contribution in [0.5, 0.6) is 0 Å². The van der Waals surface area contributed by atoms with Crippen LogP contribution in [0.4, 0.5) is 0 Å². The predicted molar refractivity (Wildman–Crippen MR) is 132 cm³/mol. The minimum Gasteiger partial charge on any atom is -0.289 e. The van der Waals surface area contributed by atoms with Gasteiger partial charge in [0.05, 0.1) is 0 Å². The smallest absolute Gasteiger partial charge is 0.188 e. The minimum atomic E-state index is 0.129. The van der Waals surface area contributed by atoms with Gasteiger partial charge in [0.15, 0.2) is 5.78 Å². The summed E-state index contributed by atoms with van der Waals surface area (Å²) < 4.78 is 0. The van der Waals surface area contributed by atoms with Crippen molar-refractivity contribution in [3.63, 3.8) is 0 Å². The maximum atomic E-state index is 13.7. The standard InChI is InChI=1S/C31H28O/c32-31(27-18-10-17-26(19-27)23-11-4-1-5-12-23)30-21-28(24-13-6-2-7-14-24)20-29(22-30)25-15-8-3-9-16-25/h1-8,10-15,18-21,26,28H,9,16-17,22H2. The molecular formula is C31H28O. The summed E-state index contributed by atoms with van der Waals surface area (Å²) in [5.41, 5.74) is 6.90. The molecule has 3 aliphatic rings. The maximum absolute atomic E-state index is 13.7. The number of hydrogen-bond donors (Lipinski definition) is 0. The van der Waals surface area contributed by atoms with Crippen LogP contribution < -0.4 is 0 Å². The Bertz CT molecular complexity index is 1170. The van der Waals surface area contributed by atoms with Gasteiger partial charge >= 0.3 is 0 Å². The normalized spacial score (nSPS) is 22.5. The number of ketones is 1. The molecule has 0 aliphatic heterocycles. The van der Waals surface area contributed by atoms with Crippen LogP contribution in [0.1, 0.15) is 48.6 Å². The first-order chi connectivity index (χ1) is 15.8. The van der Waals surface area contributed by atoms with Gasteiger partial charge in [-0.15, -0.1) is 0 Å². The van der Waals surface area contributed by atoms with E-state index in [1.165, 1.54) is 22.3 Å². The van der Waals surface area contributed by atoms with Gasteiger partial charge in [-0.05, 0) is 41.5 Å². The van der Waals surface area contributed by atoms with E-state index in [2.05, 4.69) is 91.1 Å². The molecule has 0 fully saturated rings. The molecule has 2 aromatic rings. The lowest BCUT2D eigenvalue weighted by Crippen LogP contribution is -2.14. The van der Waals surface area contributed by atoms with Crippen molar-refractivity contribution in [1.29, 1.82) is 0 Å². The van der Waals surface area contributed by atoms with E-state index in [0.29, 0.717) is 6.42 Å². The number of Topliss-reactive ketones (excluding diaryl/α,β-unsaturated/α-hetero) is 1. The van der Waals surface area contributed by atoms with Gasteiger partial charge in [0.1, 0.15) is 0 Å². The van der Waals surface area contributed by atoms with Crippen LogP contribution in [0.2, 0.25) is 0 Å². The number of carbonyl (C=O) groups is 1. The Labute approximate surface area is 190 Å². The molecular weight excluding hydrogens is 388 g/mol. The zero-order valence-corrected chi connectivity index (χ0v) is 18.3. The van der Waals surface area contributed by atoms with Crippen molar-refractivity contribution in [3.05, 3.63) is 143 Å². The topological polar surface area (TPSA) is 17.1 Å². The quantitative estimate of drug-likeness (QED) is 0.492. The Balaban J connectivity index is 1.47. The molecule has 0 spiro atoms. The van der Waals surface area contributed by atoms with Gasteiger partial charge in [-0.25, -0.2) is 0 Å². The van der Waals surface area contributed by atoms with Crippen LogP contribution in [-0.2, 0) is 4.79 Å². The van der Waals surface area contributed by atoms with Gasteiger partial charge in [0.2, 0.25) is 0 Å². The van der Waals surface area contributed by atoms with E-state index in [0.717, 1.165) is 30.4 Å². The van der Waals surface area contributed by atoms with Gasteiger partial charge in [-0.3, -0.25) is 4.79 Å². The maximum Gasteiger partial charge on any atom is 0.188 e. The monoisotopic (exact) mass is 416 g/mol. The fourth-order valence-electron chi connectivity index (χ4n) is 4.87. The Hall–Kier alpha value is -3.45. The second-order valence-electron chi connectivity index (χ2n) is 8.76. The molecule has 0 bridgehead atoms. The number of carbonyl (C=O) groups excluding carboxylic acids is 1. The van der Waals surface area contributed by atoms with Crippen molar-refractivity contribution in [2.45, 2.75) is 37.5 Å². The molecule has 3 aliphatic carbocycles. The number of hydrogen-bond acceptors (Lipinski definition) is 1. The molecule has 2 unspecified atom stereocenters. The molecule has 2 atom stereocenters. The van der Waals surface area contributed by atoms with Crippen molar-refractivity contribution in [2.75, 3.05) is 0 Å². The summed E-state index contributed by atoms with van der Waals surface area (Å²) in [6.45, 7) is 0. The van der Waals surface area contributed by atoms with E-state index in [4.69, 9.17) is 0 Å². The minimum absolute atomic E-state index is 0.129. The first-order valence-corrected chi connectivity index (χ1v) is 11.6. The van der Waals surface area contributed by atoms with E-state index in [-0.39, 0.29) is 17.6 Å². The molecule has 2 aromatic carbocycles. The number of rotatable bonds is 5. The van der Waals surface area contributed by atoms with Crippen molar-refractivity contribution >= 4 is 5.78 Å². The average Bonchev–Trinajstić information content (AvgIpc) is 2.89. The van der Waals surface area contributed by atoms with E-state index in [1.807, 2.05) is 18.2 Å². The zero-order chi connectivity index (χ0) is 21.8. The Morgan fingerprint density at radius 1 is 0.781 bits per heavy atom. The van der Waals surface area contributed by atoms with E-state index in [1.54, 1.807) is 0 Å². The third kappa shape index (κ3) is 4.43.